The Morgan fingerprint density at radius 1 is 1.10 bits per heavy atom. The molecule has 1 aromatic rings. The van der Waals surface area contributed by atoms with Gasteiger partial charge in [-0.05, 0) is 25.0 Å². The number of rotatable bonds is 2. The van der Waals surface area contributed by atoms with E-state index < -0.39 is 11.8 Å². The quantitative estimate of drug-likeness (QED) is 0.806. The highest BCUT2D eigenvalue weighted by atomic mass is 16.2. The molecule has 0 saturated heterocycles. The van der Waals surface area contributed by atoms with E-state index in [-0.39, 0.29) is 6.04 Å². The lowest BCUT2D eigenvalue weighted by atomic mass is 9.95. The highest BCUT2D eigenvalue weighted by molar-refractivity contribution is 6.39. The van der Waals surface area contributed by atoms with Crippen LogP contribution in [0.4, 0.5) is 5.69 Å². The second-order valence-electron chi connectivity index (χ2n) is 4.92. The van der Waals surface area contributed by atoms with Crippen molar-refractivity contribution >= 4 is 17.5 Å². The van der Waals surface area contributed by atoms with Crippen molar-refractivity contribution in [3.63, 3.8) is 0 Å². The van der Waals surface area contributed by atoms with E-state index in [1.165, 1.54) is 6.42 Å². The molecule has 0 aromatic heterocycles. The van der Waals surface area contributed by atoms with E-state index in [4.69, 9.17) is 5.26 Å². The molecular formula is C15H17N3O2. The number of hydrogen-bond donors (Lipinski definition) is 2. The molecule has 2 rings (SSSR count). The van der Waals surface area contributed by atoms with Crippen LogP contribution in [0.1, 0.15) is 37.7 Å². The highest BCUT2D eigenvalue weighted by Gasteiger charge is 2.20. The highest BCUT2D eigenvalue weighted by Crippen LogP contribution is 2.17. The molecule has 2 N–H and O–H groups in total. The number of anilines is 1. The largest absolute Gasteiger partial charge is 0.345 e. The van der Waals surface area contributed by atoms with Gasteiger partial charge in [0.15, 0.2) is 0 Å². The Hall–Kier alpha value is -2.35. The number of para-hydroxylation sites is 1. The number of nitriles is 1. The summed E-state index contributed by atoms with van der Waals surface area (Å²) >= 11 is 0. The molecule has 5 nitrogen and oxygen atoms in total. The number of nitrogens with one attached hydrogen (secondary N) is 2. The smallest absolute Gasteiger partial charge is 0.313 e. The Bertz CT molecular complexity index is 542. The number of nitrogens with zero attached hydrogens (tertiary/aromatic N) is 1. The number of carbonyl (C=O) groups is 2. The van der Waals surface area contributed by atoms with Gasteiger partial charge in [0, 0.05) is 6.04 Å². The number of benzene rings is 1. The zero-order valence-electron chi connectivity index (χ0n) is 11.2. The molecule has 0 bridgehead atoms. The topological polar surface area (TPSA) is 82.0 Å². The summed E-state index contributed by atoms with van der Waals surface area (Å²) in [4.78, 5) is 23.6. The predicted octanol–water partition coefficient (Wildman–Crippen LogP) is 1.95. The molecule has 2 amide bonds. The third-order valence-electron chi connectivity index (χ3n) is 3.44. The summed E-state index contributed by atoms with van der Waals surface area (Å²) < 4.78 is 0. The fourth-order valence-electron chi connectivity index (χ4n) is 2.37. The first-order chi connectivity index (χ1) is 9.70. The maximum atomic E-state index is 11.8. The molecule has 0 spiro atoms. The van der Waals surface area contributed by atoms with Gasteiger partial charge in [-0.3, -0.25) is 9.59 Å². The molecule has 20 heavy (non-hydrogen) atoms. The van der Waals surface area contributed by atoms with E-state index in [1.54, 1.807) is 24.3 Å². The van der Waals surface area contributed by atoms with Crippen molar-refractivity contribution in [2.75, 3.05) is 5.32 Å². The van der Waals surface area contributed by atoms with Crippen molar-refractivity contribution in [2.45, 2.75) is 38.1 Å². The maximum Gasteiger partial charge on any atom is 0.313 e. The van der Waals surface area contributed by atoms with Crippen LogP contribution in [0.3, 0.4) is 0 Å². The number of amides is 2. The standard InChI is InChI=1S/C15H17N3O2/c16-10-11-6-4-5-9-13(11)18-15(20)14(19)17-12-7-2-1-3-8-12/h4-6,9,12H,1-3,7-8H2,(H,17,19)(H,18,20). The first-order valence-electron chi connectivity index (χ1n) is 6.81. The minimum absolute atomic E-state index is 0.0909. The average molecular weight is 271 g/mol. The van der Waals surface area contributed by atoms with Crippen molar-refractivity contribution in [3.05, 3.63) is 29.8 Å². The summed E-state index contributed by atoms with van der Waals surface area (Å²) in [7, 11) is 0. The Balaban J connectivity index is 1.94. The van der Waals surface area contributed by atoms with Crippen LogP contribution in [0.15, 0.2) is 24.3 Å². The van der Waals surface area contributed by atoms with E-state index >= 15 is 0 Å². The van der Waals surface area contributed by atoms with E-state index in [0.29, 0.717) is 11.3 Å². The summed E-state index contributed by atoms with van der Waals surface area (Å²) in [5.74, 6) is -1.36. The molecule has 0 radical (unpaired) electrons. The third-order valence-corrected chi connectivity index (χ3v) is 3.44. The molecule has 0 aliphatic heterocycles. The van der Waals surface area contributed by atoms with Crippen LogP contribution >= 0.6 is 0 Å². The molecule has 1 aromatic carbocycles. The van der Waals surface area contributed by atoms with Gasteiger partial charge in [-0.1, -0.05) is 31.4 Å². The van der Waals surface area contributed by atoms with E-state index in [9.17, 15) is 9.59 Å². The van der Waals surface area contributed by atoms with E-state index in [1.807, 2.05) is 6.07 Å². The van der Waals surface area contributed by atoms with Gasteiger partial charge in [-0.2, -0.15) is 5.26 Å². The van der Waals surface area contributed by atoms with Crippen LogP contribution in [-0.4, -0.2) is 17.9 Å². The molecule has 1 fully saturated rings. The Labute approximate surface area is 118 Å². The fourth-order valence-corrected chi connectivity index (χ4v) is 2.37. The van der Waals surface area contributed by atoms with Crippen molar-refractivity contribution in [1.29, 1.82) is 5.26 Å². The average Bonchev–Trinajstić information content (AvgIpc) is 2.48. The molecule has 1 aliphatic carbocycles. The summed E-state index contributed by atoms with van der Waals surface area (Å²) in [5, 5.41) is 14.1. The Kier molecular flexibility index (Phi) is 4.72. The summed E-state index contributed by atoms with van der Waals surface area (Å²) in [5.41, 5.74) is 0.699. The number of hydrogen-bond acceptors (Lipinski definition) is 3. The summed E-state index contributed by atoms with van der Waals surface area (Å²) in [6.45, 7) is 0. The molecule has 0 heterocycles. The summed E-state index contributed by atoms with van der Waals surface area (Å²) in [6, 6.07) is 8.67. The van der Waals surface area contributed by atoms with Crippen molar-refractivity contribution in [3.8, 4) is 6.07 Å². The second-order valence-corrected chi connectivity index (χ2v) is 4.92. The summed E-state index contributed by atoms with van der Waals surface area (Å²) in [6.07, 6.45) is 5.21. The first-order valence-corrected chi connectivity index (χ1v) is 6.81. The Morgan fingerprint density at radius 2 is 1.80 bits per heavy atom. The van der Waals surface area contributed by atoms with Crippen LogP contribution in [0, 0.1) is 11.3 Å². The molecule has 0 atom stereocenters. The molecule has 5 heteroatoms. The van der Waals surface area contributed by atoms with Gasteiger partial charge in [0.05, 0.1) is 11.3 Å². The van der Waals surface area contributed by atoms with Gasteiger partial charge in [0.25, 0.3) is 0 Å². The first kappa shape index (κ1) is 14.1. The zero-order valence-corrected chi connectivity index (χ0v) is 11.2. The maximum absolute atomic E-state index is 11.8. The molecule has 0 unspecified atom stereocenters. The predicted molar refractivity (Wildman–Crippen MR) is 74.8 cm³/mol. The third kappa shape index (κ3) is 3.58. The van der Waals surface area contributed by atoms with E-state index in [0.717, 1.165) is 25.7 Å². The van der Waals surface area contributed by atoms with Crippen molar-refractivity contribution in [2.24, 2.45) is 0 Å². The zero-order chi connectivity index (χ0) is 14.4. The molecular weight excluding hydrogens is 254 g/mol. The van der Waals surface area contributed by atoms with E-state index in [2.05, 4.69) is 10.6 Å². The van der Waals surface area contributed by atoms with Crippen LogP contribution < -0.4 is 10.6 Å². The molecule has 1 aliphatic rings. The van der Waals surface area contributed by atoms with Gasteiger partial charge in [0.1, 0.15) is 6.07 Å². The van der Waals surface area contributed by atoms with Gasteiger partial charge >= 0.3 is 11.8 Å². The van der Waals surface area contributed by atoms with Gasteiger partial charge in [0.2, 0.25) is 0 Å². The van der Waals surface area contributed by atoms with Crippen LogP contribution in [0.5, 0.6) is 0 Å². The van der Waals surface area contributed by atoms with Gasteiger partial charge < -0.3 is 10.6 Å². The van der Waals surface area contributed by atoms with Crippen molar-refractivity contribution in [1.82, 2.24) is 5.32 Å². The van der Waals surface area contributed by atoms with Gasteiger partial charge in [-0.25, -0.2) is 0 Å². The lowest BCUT2D eigenvalue weighted by Crippen LogP contribution is -2.42. The Morgan fingerprint density at radius 3 is 2.50 bits per heavy atom. The normalized spacial score (nSPS) is 15.2. The lowest BCUT2D eigenvalue weighted by molar-refractivity contribution is -0.136. The fraction of sp³-hybridized carbons (Fsp3) is 0.400. The second kappa shape index (κ2) is 6.71. The van der Waals surface area contributed by atoms with Gasteiger partial charge in [-0.15, -0.1) is 0 Å². The minimum atomic E-state index is -0.724. The SMILES string of the molecule is N#Cc1ccccc1NC(=O)C(=O)NC1CCCCC1. The minimum Gasteiger partial charge on any atom is -0.345 e. The van der Waals surface area contributed by atoms with Crippen molar-refractivity contribution < 1.29 is 9.59 Å². The van der Waals surface area contributed by atoms with Crippen LogP contribution in [-0.2, 0) is 9.59 Å². The monoisotopic (exact) mass is 271 g/mol. The molecule has 104 valence electrons. The molecule has 1 saturated carbocycles. The van der Waals surface area contributed by atoms with Crippen LogP contribution in [0.25, 0.3) is 0 Å². The number of carbonyl (C=O) groups excluding carboxylic acids is 2. The lowest BCUT2D eigenvalue weighted by Gasteiger charge is -2.22. The van der Waals surface area contributed by atoms with Crippen LogP contribution in [0.2, 0.25) is 0 Å².